The number of pyridine rings is 1. The lowest BCUT2D eigenvalue weighted by Gasteiger charge is -2.34. The van der Waals surface area contributed by atoms with Gasteiger partial charge >= 0.3 is 6.09 Å². The van der Waals surface area contributed by atoms with Gasteiger partial charge in [0.1, 0.15) is 5.60 Å². The molecule has 1 N–H and O–H groups in total. The van der Waals surface area contributed by atoms with Gasteiger partial charge in [0.25, 0.3) is 0 Å². The van der Waals surface area contributed by atoms with Crippen molar-refractivity contribution in [2.75, 3.05) is 19.6 Å². The molecule has 0 aromatic carbocycles. The molecule has 0 spiro atoms. The van der Waals surface area contributed by atoms with Crippen molar-refractivity contribution in [3.63, 3.8) is 0 Å². The van der Waals surface area contributed by atoms with E-state index in [1.54, 1.807) is 4.90 Å². The summed E-state index contributed by atoms with van der Waals surface area (Å²) in [5.41, 5.74) is 1.70. The summed E-state index contributed by atoms with van der Waals surface area (Å²) in [5.74, 6) is 0. The van der Waals surface area contributed by atoms with Crippen molar-refractivity contribution in [1.29, 1.82) is 0 Å². The smallest absolute Gasteiger partial charge is 0.410 e. The molecule has 1 unspecified atom stereocenters. The second-order valence-electron chi connectivity index (χ2n) is 6.56. The second kappa shape index (κ2) is 5.61. The van der Waals surface area contributed by atoms with Crippen LogP contribution in [0.15, 0.2) is 30.6 Å². The number of carbonyl (C=O) groups is 1. The first-order chi connectivity index (χ1) is 10.4. The van der Waals surface area contributed by atoms with Gasteiger partial charge in [0.15, 0.2) is 0 Å². The van der Waals surface area contributed by atoms with Crippen molar-refractivity contribution in [2.45, 2.75) is 32.4 Å². The van der Waals surface area contributed by atoms with Gasteiger partial charge in [-0.2, -0.15) is 5.10 Å². The first kappa shape index (κ1) is 14.8. The topological polar surface area (TPSA) is 58.9 Å². The molecule has 1 amide bonds. The number of amides is 1. The maximum atomic E-state index is 12.2. The van der Waals surface area contributed by atoms with Crippen LogP contribution in [0.3, 0.4) is 0 Å². The van der Waals surface area contributed by atoms with Crippen LogP contribution in [0.4, 0.5) is 4.79 Å². The molecule has 1 aliphatic rings. The predicted octanol–water partition coefficient (Wildman–Crippen LogP) is 2.22. The number of piperazine rings is 1. The Kier molecular flexibility index (Phi) is 3.78. The highest BCUT2D eigenvalue weighted by Crippen LogP contribution is 2.23. The van der Waals surface area contributed by atoms with Crippen molar-refractivity contribution in [2.24, 2.45) is 0 Å². The van der Waals surface area contributed by atoms with Crippen LogP contribution in [0.2, 0.25) is 0 Å². The van der Waals surface area contributed by atoms with Gasteiger partial charge < -0.3 is 15.0 Å². The lowest BCUT2D eigenvalue weighted by molar-refractivity contribution is 0.0195. The molecule has 6 heteroatoms. The summed E-state index contributed by atoms with van der Waals surface area (Å²) in [6.07, 6.45) is 3.54. The molecular formula is C16H22N4O2. The van der Waals surface area contributed by atoms with Crippen LogP contribution >= 0.6 is 0 Å². The van der Waals surface area contributed by atoms with Gasteiger partial charge in [-0.3, -0.25) is 0 Å². The first-order valence-corrected chi connectivity index (χ1v) is 7.57. The number of nitrogens with zero attached hydrogens (tertiary/aromatic N) is 3. The summed E-state index contributed by atoms with van der Waals surface area (Å²) in [6.45, 7) is 7.64. The molecule has 0 aliphatic carbocycles. The third kappa shape index (κ3) is 3.06. The Morgan fingerprint density at radius 1 is 1.41 bits per heavy atom. The summed E-state index contributed by atoms with van der Waals surface area (Å²) < 4.78 is 7.32. The van der Waals surface area contributed by atoms with E-state index < -0.39 is 5.60 Å². The van der Waals surface area contributed by atoms with E-state index in [0.29, 0.717) is 13.1 Å². The number of aromatic nitrogens is 2. The normalized spacial score (nSPS) is 19.4. The number of rotatable bonds is 1. The average molecular weight is 302 g/mol. The highest BCUT2D eigenvalue weighted by molar-refractivity contribution is 5.68. The molecule has 1 saturated heterocycles. The van der Waals surface area contributed by atoms with Crippen LogP contribution in [0.1, 0.15) is 32.4 Å². The summed E-state index contributed by atoms with van der Waals surface area (Å²) in [4.78, 5) is 14.0. The zero-order valence-corrected chi connectivity index (χ0v) is 13.2. The van der Waals surface area contributed by atoms with Crippen LogP contribution in [0, 0.1) is 0 Å². The molecule has 2 aromatic rings. The van der Waals surface area contributed by atoms with Gasteiger partial charge in [-0.25, -0.2) is 9.31 Å². The first-order valence-electron chi connectivity index (χ1n) is 7.57. The molecule has 22 heavy (non-hydrogen) atoms. The Labute approximate surface area is 130 Å². The number of fused-ring (bicyclic) bond motifs is 1. The number of hydrogen-bond donors (Lipinski definition) is 1. The largest absolute Gasteiger partial charge is 0.444 e. The van der Waals surface area contributed by atoms with E-state index in [1.165, 1.54) is 0 Å². The van der Waals surface area contributed by atoms with Crippen LogP contribution in [-0.4, -0.2) is 45.8 Å². The fraction of sp³-hybridized carbons (Fsp3) is 0.500. The van der Waals surface area contributed by atoms with Crippen molar-refractivity contribution >= 4 is 11.6 Å². The highest BCUT2D eigenvalue weighted by atomic mass is 16.6. The van der Waals surface area contributed by atoms with Crippen molar-refractivity contribution in [3.05, 3.63) is 36.2 Å². The summed E-state index contributed by atoms with van der Waals surface area (Å²) >= 11 is 0. The molecular weight excluding hydrogens is 280 g/mol. The molecule has 1 fully saturated rings. The molecule has 0 radical (unpaired) electrons. The third-order valence-electron chi connectivity index (χ3n) is 3.66. The van der Waals surface area contributed by atoms with Crippen LogP contribution in [0.5, 0.6) is 0 Å². The van der Waals surface area contributed by atoms with E-state index in [4.69, 9.17) is 4.74 Å². The van der Waals surface area contributed by atoms with Gasteiger partial charge in [-0.05, 0) is 32.9 Å². The van der Waals surface area contributed by atoms with E-state index in [2.05, 4.69) is 10.4 Å². The maximum absolute atomic E-state index is 12.2. The molecule has 0 bridgehead atoms. The molecule has 118 valence electrons. The fourth-order valence-electron chi connectivity index (χ4n) is 2.67. The third-order valence-corrected chi connectivity index (χ3v) is 3.66. The SMILES string of the molecule is CC(C)(C)OC(=O)N1CCNC(c2cnn3ccccc23)C1. The average Bonchev–Trinajstić information content (AvgIpc) is 2.89. The van der Waals surface area contributed by atoms with Crippen molar-refractivity contribution in [3.8, 4) is 0 Å². The van der Waals surface area contributed by atoms with Gasteiger partial charge in [-0.1, -0.05) is 6.07 Å². The molecule has 3 heterocycles. The lowest BCUT2D eigenvalue weighted by atomic mass is 10.1. The molecule has 6 nitrogen and oxygen atoms in total. The van der Waals surface area contributed by atoms with E-state index >= 15 is 0 Å². The monoisotopic (exact) mass is 302 g/mol. The number of ether oxygens (including phenoxy) is 1. The van der Waals surface area contributed by atoms with E-state index in [-0.39, 0.29) is 12.1 Å². The fourth-order valence-corrected chi connectivity index (χ4v) is 2.67. The second-order valence-corrected chi connectivity index (χ2v) is 6.56. The number of hydrogen-bond acceptors (Lipinski definition) is 4. The Bertz CT molecular complexity index is 674. The number of carbonyl (C=O) groups excluding carboxylic acids is 1. The minimum atomic E-state index is -0.470. The standard InChI is InChI=1S/C16H22N4O2/c1-16(2,3)22-15(21)19-9-7-17-13(11-19)12-10-18-20-8-5-4-6-14(12)20/h4-6,8,10,13,17H,7,9,11H2,1-3H3. The maximum Gasteiger partial charge on any atom is 0.410 e. The van der Waals surface area contributed by atoms with Gasteiger partial charge in [0.2, 0.25) is 0 Å². The van der Waals surface area contributed by atoms with E-state index in [1.807, 2.05) is 55.9 Å². The lowest BCUT2D eigenvalue weighted by Crippen LogP contribution is -2.49. The van der Waals surface area contributed by atoms with Crippen molar-refractivity contribution in [1.82, 2.24) is 19.8 Å². The van der Waals surface area contributed by atoms with Crippen molar-refractivity contribution < 1.29 is 9.53 Å². The van der Waals surface area contributed by atoms with E-state index in [9.17, 15) is 4.79 Å². The summed E-state index contributed by atoms with van der Waals surface area (Å²) in [6, 6.07) is 6.05. The van der Waals surface area contributed by atoms with Crippen LogP contribution in [-0.2, 0) is 4.74 Å². The quantitative estimate of drug-likeness (QED) is 0.877. The van der Waals surface area contributed by atoms with Crippen LogP contribution in [0.25, 0.3) is 5.52 Å². The zero-order chi connectivity index (χ0) is 15.7. The minimum Gasteiger partial charge on any atom is -0.444 e. The minimum absolute atomic E-state index is 0.0705. The Morgan fingerprint density at radius 3 is 3.00 bits per heavy atom. The molecule has 1 atom stereocenters. The molecule has 3 rings (SSSR count). The predicted molar refractivity (Wildman–Crippen MR) is 83.7 cm³/mol. The molecule has 2 aromatic heterocycles. The Balaban J connectivity index is 1.77. The van der Waals surface area contributed by atoms with Gasteiger partial charge in [-0.15, -0.1) is 0 Å². The Morgan fingerprint density at radius 2 is 2.23 bits per heavy atom. The highest BCUT2D eigenvalue weighted by Gasteiger charge is 2.29. The van der Waals surface area contributed by atoms with E-state index in [0.717, 1.165) is 17.6 Å². The summed E-state index contributed by atoms with van der Waals surface area (Å²) in [5, 5.41) is 7.82. The summed E-state index contributed by atoms with van der Waals surface area (Å²) in [7, 11) is 0. The zero-order valence-electron chi connectivity index (χ0n) is 13.2. The van der Waals surface area contributed by atoms with Gasteiger partial charge in [0, 0.05) is 31.4 Å². The number of nitrogens with one attached hydrogen (secondary N) is 1. The Hall–Kier alpha value is -2.08. The van der Waals surface area contributed by atoms with Gasteiger partial charge in [0.05, 0.1) is 17.8 Å². The molecule has 0 saturated carbocycles. The molecule has 1 aliphatic heterocycles. The van der Waals surface area contributed by atoms with Crippen LogP contribution < -0.4 is 5.32 Å².